The van der Waals surface area contributed by atoms with Gasteiger partial charge in [0.15, 0.2) is 0 Å². The molecule has 0 aliphatic carbocycles. The van der Waals surface area contributed by atoms with Crippen LogP contribution in [0.4, 0.5) is 0 Å². The van der Waals surface area contributed by atoms with Crippen molar-refractivity contribution in [1.29, 1.82) is 0 Å². The zero-order valence-electron chi connectivity index (χ0n) is 15.5. The van der Waals surface area contributed by atoms with Gasteiger partial charge in [-0.05, 0) is 26.0 Å². The van der Waals surface area contributed by atoms with E-state index in [1.54, 1.807) is 12.4 Å². The second-order valence-electron chi connectivity index (χ2n) is 5.21. The molecule has 2 heterocycles. The molecule has 0 aliphatic heterocycles. The first-order chi connectivity index (χ1) is 12.2. The molecule has 0 fully saturated rings. The maximum Gasteiger partial charge on any atom is 2.00 e. The molecule has 163 valence electrons. The van der Waals surface area contributed by atoms with Gasteiger partial charge >= 0.3 is 17.1 Å². The van der Waals surface area contributed by atoms with E-state index in [0.29, 0.717) is 0 Å². The van der Waals surface area contributed by atoms with E-state index >= 15 is 0 Å². The number of aliphatic carboxylic acids is 2. The molecule has 3 rings (SSSR count). The van der Waals surface area contributed by atoms with Crippen molar-refractivity contribution < 1.29 is 58.0 Å². The second-order valence-corrected chi connectivity index (χ2v) is 5.21. The van der Waals surface area contributed by atoms with E-state index in [-0.39, 0.29) is 28.0 Å². The topological polar surface area (TPSA) is 210 Å². The minimum Gasteiger partial charge on any atom is -0.547 e. The number of carboxylic acid groups (broad SMARTS) is 2. The number of aliphatic hydroxyl groups excluding tert-OH is 2. The van der Waals surface area contributed by atoms with Gasteiger partial charge in [0, 0.05) is 23.2 Å². The van der Waals surface area contributed by atoms with E-state index in [4.69, 9.17) is 10.2 Å². The summed E-state index contributed by atoms with van der Waals surface area (Å²) in [6.45, 7) is 2.27. The number of carbonyl (C=O) groups excluding carboxylic acids is 2. The van der Waals surface area contributed by atoms with Crippen molar-refractivity contribution in [2.45, 2.75) is 26.1 Å². The molecule has 1 radical (unpaired) electrons. The quantitative estimate of drug-likeness (QED) is 0.306. The van der Waals surface area contributed by atoms with Gasteiger partial charge in [-0.15, -0.1) is 0 Å². The van der Waals surface area contributed by atoms with E-state index in [2.05, 4.69) is 34.2 Å². The number of benzene rings is 1. The Bertz CT molecular complexity index is 817. The van der Waals surface area contributed by atoms with Crippen molar-refractivity contribution in [2.75, 3.05) is 0 Å². The van der Waals surface area contributed by atoms with Crippen LogP contribution in [0.25, 0.3) is 21.8 Å². The number of fused-ring (bicyclic) bond motifs is 3. The van der Waals surface area contributed by atoms with Gasteiger partial charge in [0.1, 0.15) is 0 Å². The van der Waals surface area contributed by atoms with Crippen molar-refractivity contribution in [3.05, 3.63) is 48.8 Å². The van der Waals surface area contributed by atoms with Crippen LogP contribution in [0.1, 0.15) is 13.8 Å². The fourth-order valence-corrected chi connectivity index (χ4v) is 1.68. The maximum absolute atomic E-state index is 9.34. The molecule has 10 nitrogen and oxygen atoms in total. The smallest absolute Gasteiger partial charge is 0.547 e. The van der Waals surface area contributed by atoms with E-state index in [9.17, 15) is 19.8 Å². The molecular formula is C18H22CuN2O8. The fraction of sp³-hybridized carbons (Fsp3) is 0.222. The van der Waals surface area contributed by atoms with Crippen LogP contribution in [0.2, 0.25) is 0 Å². The summed E-state index contributed by atoms with van der Waals surface area (Å²) in [6, 6.07) is 12.1. The number of nitrogens with zero attached hydrogens (tertiary/aromatic N) is 2. The number of pyridine rings is 2. The molecule has 3 aromatic rings. The molecule has 0 bridgehead atoms. The summed E-state index contributed by atoms with van der Waals surface area (Å²) in [4.78, 5) is 27.4. The first-order valence-corrected chi connectivity index (χ1v) is 7.60. The molecule has 11 heteroatoms. The number of rotatable bonds is 2. The van der Waals surface area contributed by atoms with Crippen LogP contribution < -0.4 is 10.2 Å². The van der Waals surface area contributed by atoms with Gasteiger partial charge in [-0.3, -0.25) is 9.97 Å². The average molecular weight is 458 g/mol. The van der Waals surface area contributed by atoms with Gasteiger partial charge in [-0.25, -0.2) is 0 Å². The minimum atomic E-state index is -1.44. The molecule has 2 aromatic heterocycles. The van der Waals surface area contributed by atoms with E-state index < -0.39 is 24.1 Å². The summed E-state index contributed by atoms with van der Waals surface area (Å²) in [5, 5.41) is 36.9. The van der Waals surface area contributed by atoms with Gasteiger partial charge in [-0.2, -0.15) is 0 Å². The zero-order valence-corrected chi connectivity index (χ0v) is 16.4. The van der Waals surface area contributed by atoms with Crippen molar-refractivity contribution in [3.63, 3.8) is 0 Å². The molecule has 0 saturated carbocycles. The summed E-state index contributed by atoms with van der Waals surface area (Å²) in [6.07, 6.45) is 0.919. The molecule has 0 aliphatic rings. The molecule has 2 atom stereocenters. The average Bonchev–Trinajstić information content (AvgIpc) is 2.62. The van der Waals surface area contributed by atoms with E-state index in [1.165, 1.54) is 0 Å². The number of carboxylic acids is 2. The van der Waals surface area contributed by atoms with Crippen LogP contribution in [0, 0.1) is 0 Å². The third-order valence-corrected chi connectivity index (χ3v) is 3.03. The van der Waals surface area contributed by atoms with Crippen molar-refractivity contribution >= 4 is 33.7 Å². The molecule has 0 amide bonds. The third kappa shape index (κ3) is 10.5. The van der Waals surface area contributed by atoms with Gasteiger partial charge in [-0.1, -0.05) is 24.3 Å². The predicted octanol–water partition coefficient (Wildman–Crippen LogP) is -2.63. The number of hydrogen-bond donors (Lipinski definition) is 2. The SMILES string of the molecule is C[C@H](O)C(=O)[O-].C[C@H](O)C(=O)[O-].O.O.[Cu+2].c1cnc2c(c1)ccc1cccnc12. The Morgan fingerprint density at radius 1 is 0.793 bits per heavy atom. The van der Waals surface area contributed by atoms with Gasteiger partial charge in [0.2, 0.25) is 0 Å². The van der Waals surface area contributed by atoms with E-state index in [0.717, 1.165) is 35.7 Å². The van der Waals surface area contributed by atoms with Crippen LogP contribution >= 0.6 is 0 Å². The molecule has 0 unspecified atom stereocenters. The molecule has 29 heavy (non-hydrogen) atoms. The van der Waals surface area contributed by atoms with Crippen LogP contribution in [0.3, 0.4) is 0 Å². The molecular weight excluding hydrogens is 436 g/mol. The Labute approximate surface area is 176 Å². The largest absolute Gasteiger partial charge is 2.00 e. The molecule has 0 spiro atoms. The summed E-state index contributed by atoms with van der Waals surface area (Å²) in [7, 11) is 0. The number of hydrogen-bond acceptors (Lipinski definition) is 8. The first kappa shape index (κ1) is 31.0. The molecule has 0 saturated heterocycles. The summed E-state index contributed by atoms with van der Waals surface area (Å²) in [5.41, 5.74) is 1.95. The van der Waals surface area contributed by atoms with Crippen molar-refractivity contribution in [3.8, 4) is 0 Å². The Kier molecular flexibility index (Phi) is 16.4. The molecule has 6 N–H and O–H groups in total. The molecule has 1 aromatic carbocycles. The minimum absolute atomic E-state index is 0. The van der Waals surface area contributed by atoms with Crippen LogP contribution in [0.15, 0.2) is 48.8 Å². The maximum atomic E-state index is 9.34. The Morgan fingerprint density at radius 3 is 1.31 bits per heavy atom. The van der Waals surface area contributed by atoms with Crippen LogP contribution in [-0.2, 0) is 26.7 Å². The van der Waals surface area contributed by atoms with Gasteiger partial charge in [0.05, 0.1) is 35.2 Å². The Balaban J connectivity index is -0.000000390. The normalized spacial score (nSPS) is 10.9. The van der Waals surface area contributed by atoms with Crippen LogP contribution in [-0.4, -0.2) is 55.3 Å². The summed E-state index contributed by atoms with van der Waals surface area (Å²) in [5.74, 6) is -2.87. The zero-order chi connectivity index (χ0) is 19.7. The fourth-order valence-electron chi connectivity index (χ4n) is 1.68. The van der Waals surface area contributed by atoms with Gasteiger partial charge in [0.25, 0.3) is 0 Å². The summed E-state index contributed by atoms with van der Waals surface area (Å²) >= 11 is 0. The Hall–Kier alpha value is -2.66. The van der Waals surface area contributed by atoms with Crippen LogP contribution in [0.5, 0.6) is 0 Å². The first-order valence-electron chi connectivity index (χ1n) is 7.60. The number of carbonyl (C=O) groups is 2. The predicted molar refractivity (Wildman–Crippen MR) is 97.6 cm³/mol. The number of aromatic nitrogens is 2. The van der Waals surface area contributed by atoms with Crippen molar-refractivity contribution in [2.24, 2.45) is 0 Å². The monoisotopic (exact) mass is 457 g/mol. The standard InChI is InChI=1S/C12H8N2.2C3H6O3.Cu.2H2O/c1-3-9-5-6-10-4-2-8-14-12(10)11(9)13-7-1;2*1-2(4)3(5)6;;;/h1-8H;2*2,4H,1H3,(H,5,6);;2*1H2/q;;;+2;;/p-2/t;2*2-;;;/m.00.../s1. The van der Waals surface area contributed by atoms with Gasteiger partial charge < -0.3 is 41.0 Å². The third-order valence-electron chi connectivity index (χ3n) is 3.03. The van der Waals surface area contributed by atoms with E-state index in [1.807, 2.05) is 12.1 Å². The Morgan fingerprint density at radius 2 is 1.07 bits per heavy atom. The number of aliphatic hydroxyl groups is 2. The second kappa shape index (κ2) is 15.3. The van der Waals surface area contributed by atoms with Crippen molar-refractivity contribution in [1.82, 2.24) is 9.97 Å². The summed E-state index contributed by atoms with van der Waals surface area (Å²) < 4.78 is 0.